The minimum Gasteiger partial charge on any atom is -0.493 e. The highest BCUT2D eigenvalue weighted by Crippen LogP contribution is 2.33. The van der Waals surface area contributed by atoms with Gasteiger partial charge in [-0.15, -0.1) is 0 Å². The predicted octanol–water partition coefficient (Wildman–Crippen LogP) is 4.71. The van der Waals surface area contributed by atoms with E-state index in [9.17, 15) is 9.18 Å². The first kappa shape index (κ1) is 16.1. The number of hydrogen-bond acceptors (Lipinski definition) is 2. The molecule has 4 nitrogen and oxygen atoms in total. The molecule has 1 amide bonds. The van der Waals surface area contributed by atoms with Crippen LogP contribution in [0.5, 0.6) is 5.75 Å². The predicted molar refractivity (Wildman–Crippen MR) is 97.3 cm³/mol. The van der Waals surface area contributed by atoms with Gasteiger partial charge in [-0.05, 0) is 53.0 Å². The van der Waals surface area contributed by atoms with Gasteiger partial charge >= 0.3 is 0 Å². The fourth-order valence-corrected chi connectivity index (χ4v) is 3.82. The van der Waals surface area contributed by atoms with Crippen molar-refractivity contribution in [2.45, 2.75) is 18.9 Å². The number of benzene rings is 2. The van der Waals surface area contributed by atoms with Crippen LogP contribution in [-0.4, -0.2) is 17.5 Å². The smallest absolute Gasteiger partial charge is 0.269 e. The average molecular weight is 403 g/mol. The molecule has 0 spiro atoms. The number of carbonyl (C=O) groups is 1. The Morgan fingerprint density at radius 3 is 2.96 bits per heavy atom. The molecule has 1 aliphatic heterocycles. The molecule has 1 atom stereocenters. The maximum atomic E-state index is 13.7. The molecule has 1 aliphatic rings. The highest BCUT2D eigenvalue weighted by Gasteiger charge is 2.24. The van der Waals surface area contributed by atoms with Crippen LogP contribution in [0.15, 0.2) is 46.9 Å². The Morgan fingerprint density at radius 1 is 1.28 bits per heavy atom. The largest absolute Gasteiger partial charge is 0.493 e. The zero-order valence-electron chi connectivity index (χ0n) is 13.3. The lowest BCUT2D eigenvalue weighted by Gasteiger charge is -2.18. The van der Waals surface area contributed by atoms with Crippen LogP contribution >= 0.6 is 15.9 Å². The van der Waals surface area contributed by atoms with Crippen molar-refractivity contribution in [1.29, 1.82) is 0 Å². The van der Waals surface area contributed by atoms with Crippen molar-refractivity contribution >= 4 is 32.7 Å². The highest BCUT2D eigenvalue weighted by molar-refractivity contribution is 9.10. The number of aromatic amines is 1. The fraction of sp³-hybridized carbons (Fsp3) is 0.211. The molecule has 3 aromatic rings. The molecule has 1 aromatic heterocycles. The third-order valence-corrected chi connectivity index (χ3v) is 5.24. The molecule has 0 fully saturated rings. The molecule has 2 N–H and O–H groups in total. The second-order valence-electron chi connectivity index (χ2n) is 6.06. The van der Waals surface area contributed by atoms with Crippen molar-refractivity contribution in [2.75, 3.05) is 6.61 Å². The number of halogens is 2. The zero-order valence-corrected chi connectivity index (χ0v) is 14.9. The maximum absolute atomic E-state index is 13.7. The van der Waals surface area contributed by atoms with Gasteiger partial charge in [0.15, 0.2) is 0 Å². The van der Waals surface area contributed by atoms with E-state index < -0.39 is 0 Å². The van der Waals surface area contributed by atoms with Gasteiger partial charge in [0.1, 0.15) is 17.3 Å². The lowest BCUT2D eigenvalue weighted by Crippen LogP contribution is -2.29. The number of hydrogen-bond donors (Lipinski definition) is 2. The van der Waals surface area contributed by atoms with Crippen molar-refractivity contribution in [2.24, 2.45) is 0 Å². The molecular weight excluding hydrogens is 387 g/mol. The fourth-order valence-electron chi connectivity index (χ4n) is 3.19. The van der Waals surface area contributed by atoms with Gasteiger partial charge in [-0.25, -0.2) is 4.39 Å². The SMILES string of the molecule is O=C(NC1CCCOc2ccc(F)cc21)c1[nH]c2ccccc2c1Br. The van der Waals surface area contributed by atoms with Gasteiger partial charge in [-0.1, -0.05) is 18.2 Å². The van der Waals surface area contributed by atoms with E-state index in [2.05, 4.69) is 26.2 Å². The molecule has 0 saturated carbocycles. The van der Waals surface area contributed by atoms with E-state index in [4.69, 9.17) is 4.74 Å². The molecule has 4 rings (SSSR count). The Bertz CT molecular complexity index is 954. The second-order valence-corrected chi connectivity index (χ2v) is 6.85. The number of para-hydroxylation sites is 1. The number of ether oxygens (including phenoxy) is 1. The summed E-state index contributed by atoms with van der Waals surface area (Å²) in [4.78, 5) is 15.9. The Labute approximate surface area is 152 Å². The van der Waals surface area contributed by atoms with Crippen molar-refractivity contribution in [3.05, 3.63) is 64.0 Å². The van der Waals surface area contributed by atoms with E-state index in [0.717, 1.165) is 21.8 Å². The zero-order chi connectivity index (χ0) is 17.4. The molecule has 1 unspecified atom stereocenters. The van der Waals surface area contributed by atoms with Gasteiger partial charge in [0.2, 0.25) is 0 Å². The van der Waals surface area contributed by atoms with E-state index in [1.54, 1.807) is 6.07 Å². The van der Waals surface area contributed by atoms with Crippen molar-refractivity contribution in [3.8, 4) is 5.75 Å². The van der Waals surface area contributed by atoms with Crippen molar-refractivity contribution < 1.29 is 13.9 Å². The number of nitrogens with one attached hydrogen (secondary N) is 2. The number of carbonyl (C=O) groups excluding carboxylic acids is 1. The molecule has 2 aromatic carbocycles. The van der Waals surface area contributed by atoms with Gasteiger partial charge in [-0.2, -0.15) is 0 Å². The maximum Gasteiger partial charge on any atom is 0.269 e. The molecule has 25 heavy (non-hydrogen) atoms. The number of rotatable bonds is 2. The molecule has 2 heterocycles. The first-order valence-corrected chi connectivity index (χ1v) is 8.92. The minimum atomic E-state index is -0.338. The van der Waals surface area contributed by atoms with Crippen LogP contribution < -0.4 is 10.1 Å². The second kappa shape index (κ2) is 6.52. The molecule has 0 bridgehead atoms. The third-order valence-electron chi connectivity index (χ3n) is 4.42. The topological polar surface area (TPSA) is 54.1 Å². The summed E-state index contributed by atoms with van der Waals surface area (Å²) in [5.41, 5.74) is 2.03. The number of amides is 1. The molecule has 128 valence electrons. The minimum absolute atomic E-state index is 0.231. The van der Waals surface area contributed by atoms with Crippen LogP contribution in [0.4, 0.5) is 4.39 Å². The molecular formula is C19H16BrFN2O2. The summed E-state index contributed by atoms with van der Waals surface area (Å²) in [7, 11) is 0. The van der Waals surface area contributed by atoms with Crippen molar-refractivity contribution in [3.63, 3.8) is 0 Å². The number of aromatic nitrogens is 1. The molecule has 6 heteroatoms. The van der Waals surface area contributed by atoms with Crippen LogP contribution in [0, 0.1) is 5.82 Å². The van der Waals surface area contributed by atoms with E-state index in [-0.39, 0.29) is 17.8 Å². The summed E-state index contributed by atoms with van der Waals surface area (Å²) in [6, 6.07) is 11.8. The third kappa shape index (κ3) is 3.02. The first-order chi connectivity index (χ1) is 12.1. The Kier molecular flexibility index (Phi) is 4.21. The van der Waals surface area contributed by atoms with Crippen LogP contribution in [0.25, 0.3) is 10.9 Å². The summed E-state index contributed by atoms with van der Waals surface area (Å²) in [6.07, 6.45) is 1.48. The average Bonchev–Trinajstić information content (AvgIpc) is 2.83. The van der Waals surface area contributed by atoms with E-state index >= 15 is 0 Å². The van der Waals surface area contributed by atoms with E-state index in [1.165, 1.54) is 12.1 Å². The lowest BCUT2D eigenvalue weighted by atomic mass is 10.0. The standard InChI is InChI=1S/C19H16BrFN2O2/c20-17-12-4-1-2-5-14(12)22-18(17)19(24)23-15-6-3-9-25-16-8-7-11(21)10-13(15)16/h1-2,4-5,7-8,10,15,22H,3,6,9H2,(H,23,24). The quantitative estimate of drug-likeness (QED) is 0.651. The molecule has 0 radical (unpaired) electrons. The number of H-pyrrole nitrogens is 1. The van der Waals surface area contributed by atoms with Crippen LogP contribution in [0.1, 0.15) is 34.9 Å². The molecule has 0 saturated heterocycles. The van der Waals surface area contributed by atoms with Gasteiger partial charge < -0.3 is 15.0 Å². The highest BCUT2D eigenvalue weighted by atomic mass is 79.9. The normalized spacial score (nSPS) is 16.8. The Hall–Kier alpha value is -2.34. The Balaban J connectivity index is 1.66. The Morgan fingerprint density at radius 2 is 2.12 bits per heavy atom. The summed E-state index contributed by atoms with van der Waals surface area (Å²) in [6.45, 7) is 0.557. The van der Waals surface area contributed by atoms with Crippen LogP contribution in [-0.2, 0) is 0 Å². The molecule has 0 aliphatic carbocycles. The summed E-state index contributed by atoms with van der Waals surface area (Å²) < 4.78 is 20.1. The first-order valence-electron chi connectivity index (χ1n) is 8.13. The van der Waals surface area contributed by atoms with E-state index in [0.29, 0.717) is 30.0 Å². The van der Waals surface area contributed by atoms with Crippen LogP contribution in [0.2, 0.25) is 0 Å². The monoisotopic (exact) mass is 402 g/mol. The lowest BCUT2D eigenvalue weighted by molar-refractivity contribution is 0.0929. The van der Waals surface area contributed by atoms with Gasteiger partial charge in [0.25, 0.3) is 5.91 Å². The van der Waals surface area contributed by atoms with Crippen LogP contribution in [0.3, 0.4) is 0 Å². The van der Waals surface area contributed by atoms with Gasteiger partial charge in [0.05, 0.1) is 17.1 Å². The van der Waals surface area contributed by atoms with Gasteiger partial charge in [0, 0.05) is 16.5 Å². The van der Waals surface area contributed by atoms with Crippen molar-refractivity contribution in [1.82, 2.24) is 10.3 Å². The van der Waals surface area contributed by atoms with Gasteiger partial charge in [-0.3, -0.25) is 4.79 Å². The summed E-state index contributed by atoms with van der Waals surface area (Å²) in [5.74, 6) is 0.0559. The van der Waals surface area contributed by atoms with E-state index in [1.807, 2.05) is 24.3 Å². The summed E-state index contributed by atoms with van der Waals surface area (Å²) >= 11 is 3.50. The number of fused-ring (bicyclic) bond motifs is 2. The summed E-state index contributed by atoms with van der Waals surface area (Å²) in [5, 5.41) is 3.96.